The number of nitrogens with zero attached hydrogens (tertiary/aromatic N) is 3. The topological polar surface area (TPSA) is 50.2 Å². The Hall–Kier alpha value is -1.07. The van der Waals surface area contributed by atoms with Gasteiger partial charge in [-0.05, 0) is 27.2 Å². The fourth-order valence-corrected chi connectivity index (χ4v) is 2.85. The third-order valence-electron chi connectivity index (χ3n) is 3.90. The molecule has 0 aromatic carbocycles. The van der Waals surface area contributed by atoms with Crippen molar-refractivity contribution in [1.82, 2.24) is 20.0 Å². The van der Waals surface area contributed by atoms with Gasteiger partial charge in [-0.2, -0.15) is 5.10 Å². The van der Waals surface area contributed by atoms with E-state index in [1.54, 1.807) is 4.68 Å². The van der Waals surface area contributed by atoms with Crippen LogP contribution < -0.4 is 5.32 Å². The summed E-state index contributed by atoms with van der Waals surface area (Å²) in [5.74, 6) is 0.161. The van der Waals surface area contributed by atoms with Crippen molar-refractivity contribution in [3.63, 3.8) is 0 Å². The maximum atomic E-state index is 11.3. The van der Waals surface area contributed by atoms with Crippen LogP contribution in [0.4, 0.5) is 0 Å². The first kappa shape index (κ1) is 15.3. The molecule has 2 heterocycles. The molecule has 1 fully saturated rings. The second kappa shape index (κ2) is 6.14. The normalized spacial score (nSPS) is 19.1. The molecule has 0 aliphatic carbocycles. The lowest BCUT2D eigenvalue weighted by Gasteiger charge is -2.29. The van der Waals surface area contributed by atoms with E-state index in [2.05, 4.69) is 29.2 Å². The molecule has 112 valence electrons. The van der Waals surface area contributed by atoms with Gasteiger partial charge >= 0.3 is 0 Å². The summed E-state index contributed by atoms with van der Waals surface area (Å²) in [5, 5.41) is 8.08. The second-order valence-corrected chi connectivity index (χ2v) is 6.16. The highest BCUT2D eigenvalue weighted by Gasteiger charge is 2.25. The maximum Gasteiger partial charge on any atom is 0.220 e. The first-order valence-corrected chi connectivity index (χ1v) is 7.47. The predicted molar refractivity (Wildman–Crippen MR) is 79.7 cm³/mol. The van der Waals surface area contributed by atoms with Gasteiger partial charge in [-0.1, -0.05) is 11.6 Å². The lowest BCUT2D eigenvalue weighted by molar-refractivity contribution is -0.119. The first-order chi connectivity index (χ1) is 9.38. The van der Waals surface area contributed by atoms with Gasteiger partial charge in [-0.15, -0.1) is 0 Å². The number of rotatable bonds is 5. The SMILES string of the molecule is Cc1nn(C)c(Cl)c1CN(C[C@@H]1CCC(=O)N1)C(C)C. The van der Waals surface area contributed by atoms with Crippen LogP contribution in [0.2, 0.25) is 5.15 Å². The van der Waals surface area contributed by atoms with E-state index in [9.17, 15) is 4.79 Å². The van der Waals surface area contributed by atoms with Gasteiger partial charge in [-0.3, -0.25) is 14.4 Å². The summed E-state index contributed by atoms with van der Waals surface area (Å²) in [7, 11) is 1.86. The molecule has 2 rings (SSSR count). The number of nitrogens with one attached hydrogen (secondary N) is 1. The molecule has 1 aliphatic rings. The van der Waals surface area contributed by atoms with E-state index in [-0.39, 0.29) is 11.9 Å². The summed E-state index contributed by atoms with van der Waals surface area (Å²) in [5.41, 5.74) is 2.05. The van der Waals surface area contributed by atoms with Crippen LogP contribution in [-0.2, 0) is 18.4 Å². The Balaban J connectivity index is 2.07. The summed E-state index contributed by atoms with van der Waals surface area (Å²) in [6, 6.07) is 0.642. The van der Waals surface area contributed by atoms with Gasteiger partial charge in [0.1, 0.15) is 5.15 Å². The fourth-order valence-electron chi connectivity index (χ4n) is 2.61. The van der Waals surface area contributed by atoms with Crippen LogP contribution in [0.1, 0.15) is 37.9 Å². The first-order valence-electron chi connectivity index (χ1n) is 7.10. The van der Waals surface area contributed by atoms with Crippen molar-refractivity contribution in [2.24, 2.45) is 7.05 Å². The number of carbonyl (C=O) groups excluding carboxylic acids is 1. The molecule has 1 amide bonds. The van der Waals surface area contributed by atoms with Gasteiger partial charge in [0, 0.05) is 44.2 Å². The number of halogens is 1. The van der Waals surface area contributed by atoms with E-state index in [1.807, 2.05) is 14.0 Å². The Bertz CT molecular complexity index is 498. The van der Waals surface area contributed by atoms with Crippen LogP contribution in [0.15, 0.2) is 0 Å². The molecule has 0 unspecified atom stereocenters. The summed E-state index contributed by atoms with van der Waals surface area (Å²) < 4.78 is 1.71. The Morgan fingerprint density at radius 2 is 2.25 bits per heavy atom. The minimum atomic E-state index is 0.161. The van der Waals surface area contributed by atoms with E-state index in [0.717, 1.165) is 30.8 Å². The zero-order chi connectivity index (χ0) is 14.9. The zero-order valence-corrected chi connectivity index (χ0v) is 13.4. The minimum Gasteiger partial charge on any atom is -0.352 e. The highest BCUT2D eigenvalue weighted by atomic mass is 35.5. The van der Waals surface area contributed by atoms with Gasteiger partial charge in [0.2, 0.25) is 5.91 Å². The van der Waals surface area contributed by atoms with E-state index in [4.69, 9.17) is 11.6 Å². The monoisotopic (exact) mass is 298 g/mol. The van der Waals surface area contributed by atoms with Crippen LogP contribution >= 0.6 is 11.6 Å². The van der Waals surface area contributed by atoms with Gasteiger partial charge in [-0.25, -0.2) is 0 Å². The molecular weight excluding hydrogens is 276 g/mol. The Labute approximate surface area is 125 Å². The van der Waals surface area contributed by atoms with Crippen molar-refractivity contribution >= 4 is 17.5 Å². The Morgan fingerprint density at radius 3 is 2.70 bits per heavy atom. The molecule has 0 saturated carbocycles. The van der Waals surface area contributed by atoms with Gasteiger partial charge in [0.15, 0.2) is 0 Å². The Kier molecular flexibility index (Phi) is 4.70. The molecule has 1 N–H and O–H groups in total. The molecule has 1 aromatic heterocycles. The molecule has 6 heteroatoms. The van der Waals surface area contributed by atoms with Crippen molar-refractivity contribution < 1.29 is 4.79 Å². The molecule has 1 atom stereocenters. The fraction of sp³-hybridized carbons (Fsp3) is 0.714. The quantitative estimate of drug-likeness (QED) is 0.903. The number of aryl methyl sites for hydroxylation is 2. The predicted octanol–water partition coefficient (Wildman–Crippen LogP) is 1.87. The average Bonchev–Trinajstić information content (AvgIpc) is 2.87. The Morgan fingerprint density at radius 1 is 1.55 bits per heavy atom. The van der Waals surface area contributed by atoms with Crippen LogP contribution in [0.5, 0.6) is 0 Å². The minimum absolute atomic E-state index is 0.161. The van der Waals surface area contributed by atoms with Crippen molar-refractivity contribution in [2.45, 2.75) is 52.2 Å². The van der Waals surface area contributed by atoms with E-state index < -0.39 is 0 Å². The third-order valence-corrected chi connectivity index (χ3v) is 4.37. The molecule has 1 aromatic rings. The highest BCUT2D eigenvalue weighted by Crippen LogP contribution is 2.22. The highest BCUT2D eigenvalue weighted by molar-refractivity contribution is 6.30. The van der Waals surface area contributed by atoms with E-state index in [0.29, 0.717) is 17.6 Å². The van der Waals surface area contributed by atoms with Crippen LogP contribution in [0.3, 0.4) is 0 Å². The summed E-state index contributed by atoms with van der Waals surface area (Å²) in [4.78, 5) is 13.7. The molecule has 0 radical (unpaired) electrons. The number of hydrogen-bond donors (Lipinski definition) is 1. The van der Waals surface area contributed by atoms with Crippen molar-refractivity contribution in [3.05, 3.63) is 16.4 Å². The lowest BCUT2D eigenvalue weighted by atomic mass is 10.1. The molecular formula is C14H23ClN4O. The van der Waals surface area contributed by atoms with Crippen LogP contribution in [0.25, 0.3) is 0 Å². The smallest absolute Gasteiger partial charge is 0.220 e. The van der Waals surface area contributed by atoms with Crippen molar-refractivity contribution in [3.8, 4) is 0 Å². The van der Waals surface area contributed by atoms with Crippen molar-refractivity contribution in [1.29, 1.82) is 0 Å². The number of hydrogen-bond acceptors (Lipinski definition) is 3. The van der Waals surface area contributed by atoms with Crippen LogP contribution in [-0.4, -0.2) is 39.2 Å². The second-order valence-electron chi connectivity index (χ2n) is 5.80. The molecule has 5 nitrogen and oxygen atoms in total. The van der Waals surface area contributed by atoms with E-state index in [1.165, 1.54) is 0 Å². The number of aromatic nitrogens is 2. The van der Waals surface area contributed by atoms with Gasteiger partial charge < -0.3 is 5.32 Å². The molecule has 1 saturated heterocycles. The third kappa shape index (κ3) is 3.33. The standard InChI is InChI=1S/C14H23ClN4O/c1-9(2)19(7-11-5-6-13(20)16-11)8-12-10(3)17-18(4)14(12)15/h9,11H,5-8H2,1-4H3,(H,16,20)/t11-/m0/s1. The van der Waals surface area contributed by atoms with Gasteiger partial charge in [0.05, 0.1) is 5.69 Å². The largest absolute Gasteiger partial charge is 0.352 e. The number of amides is 1. The summed E-state index contributed by atoms with van der Waals surface area (Å²) in [6.45, 7) is 7.93. The average molecular weight is 299 g/mol. The maximum absolute atomic E-state index is 11.3. The van der Waals surface area contributed by atoms with Gasteiger partial charge in [0.25, 0.3) is 0 Å². The van der Waals surface area contributed by atoms with Crippen LogP contribution in [0, 0.1) is 6.92 Å². The molecule has 0 bridgehead atoms. The number of carbonyl (C=O) groups is 1. The molecule has 0 spiro atoms. The lowest BCUT2D eigenvalue weighted by Crippen LogP contribution is -2.41. The zero-order valence-electron chi connectivity index (χ0n) is 12.6. The van der Waals surface area contributed by atoms with E-state index >= 15 is 0 Å². The molecule has 1 aliphatic heterocycles. The molecule has 20 heavy (non-hydrogen) atoms. The summed E-state index contributed by atoms with van der Waals surface area (Å²) >= 11 is 6.31. The summed E-state index contributed by atoms with van der Waals surface area (Å²) in [6.07, 6.45) is 1.56. The van der Waals surface area contributed by atoms with Crippen molar-refractivity contribution in [2.75, 3.05) is 6.54 Å².